The van der Waals surface area contributed by atoms with Crippen molar-refractivity contribution in [1.29, 1.82) is 0 Å². The third kappa shape index (κ3) is 2.87. The molecule has 0 radical (unpaired) electrons. The predicted octanol–water partition coefficient (Wildman–Crippen LogP) is 6.65. The molecule has 0 spiro atoms. The Morgan fingerprint density at radius 1 is 0.389 bits per heavy atom. The molecule has 0 aromatic heterocycles. The maximum absolute atomic E-state index is 13.0. The van der Waals surface area contributed by atoms with Gasteiger partial charge in [-0.2, -0.15) is 92.2 Å². The zero-order valence-electron chi connectivity index (χ0n) is 15.1. The van der Waals surface area contributed by atoms with Crippen LogP contribution in [0.2, 0.25) is 0 Å². The molecule has 2 heterocycles. The summed E-state index contributed by atoms with van der Waals surface area (Å²) in [6.07, 6.45) is -20.7. The third-order valence-electron chi connectivity index (χ3n) is 4.91. The van der Waals surface area contributed by atoms with Crippen molar-refractivity contribution in [3.63, 3.8) is 0 Å². The second-order valence-electron chi connectivity index (χ2n) is 7.04. The van der Waals surface area contributed by atoms with Crippen molar-refractivity contribution in [2.24, 2.45) is 0 Å². The maximum Gasteiger partial charge on any atom is 0.459 e. The van der Waals surface area contributed by atoms with Gasteiger partial charge < -0.3 is 4.74 Å². The maximum atomic E-state index is 13.0. The molecule has 1 saturated carbocycles. The summed E-state index contributed by atoms with van der Waals surface area (Å²) in [6, 6.07) is 0. The molecule has 0 aromatic carbocycles. The number of hydrogen-bond acceptors (Lipinski definition) is 2. The molecule has 1 aliphatic carbocycles. The van der Waals surface area contributed by atoms with Gasteiger partial charge in [0, 0.05) is 0 Å². The summed E-state index contributed by atoms with van der Waals surface area (Å²) in [5, 5.41) is 0. The lowest BCUT2D eigenvalue weighted by atomic mass is 9.83. The first-order chi connectivity index (χ1) is 15.2. The quantitative estimate of drug-likeness (QED) is 0.251. The average molecular weight is 594 g/mol. The van der Waals surface area contributed by atoms with E-state index in [2.05, 4.69) is 9.47 Å². The number of alkyl halides is 22. The van der Waals surface area contributed by atoms with Gasteiger partial charge in [-0.15, -0.1) is 0 Å². The first-order valence-electron chi connectivity index (χ1n) is 7.72. The van der Waals surface area contributed by atoms with Crippen LogP contribution in [-0.4, -0.2) is 71.3 Å². The van der Waals surface area contributed by atoms with Crippen molar-refractivity contribution in [3.8, 4) is 0 Å². The van der Waals surface area contributed by atoms with Gasteiger partial charge in [0.1, 0.15) is 0 Å². The van der Waals surface area contributed by atoms with Crippen LogP contribution in [0, 0.1) is 0 Å². The summed E-state index contributed by atoms with van der Waals surface area (Å²) in [5.74, 6) is -50.7. The molecule has 0 N–H and O–H groups in total. The fraction of sp³-hybridized carbons (Fsp3) is 1.00. The summed E-state index contributed by atoms with van der Waals surface area (Å²) in [4.78, 5) is 0. The smallest absolute Gasteiger partial charge is 0.308 e. The highest BCUT2D eigenvalue weighted by atomic mass is 19.4. The Hall–Kier alpha value is -1.62. The van der Waals surface area contributed by atoms with Crippen LogP contribution in [-0.2, 0) is 9.47 Å². The molecule has 2 aliphatic heterocycles. The molecular weight excluding hydrogens is 594 g/mol. The van der Waals surface area contributed by atoms with Crippen LogP contribution in [0.5, 0.6) is 0 Å². The number of rotatable bonds is 1. The van der Waals surface area contributed by atoms with Gasteiger partial charge in [-0.1, -0.05) is 0 Å². The zero-order valence-corrected chi connectivity index (χ0v) is 15.1. The second-order valence-corrected chi connectivity index (χ2v) is 7.04. The Balaban J connectivity index is 0.000000255. The number of hydrogen-bond donors (Lipinski definition) is 0. The van der Waals surface area contributed by atoms with Crippen molar-refractivity contribution >= 4 is 0 Å². The summed E-state index contributed by atoms with van der Waals surface area (Å²) in [7, 11) is 0. The molecule has 0 bridgehead atoms. The van der Waals surface area contributed by atoms with E-state index < -0.39 is 71.3 Å². The molecule has 3 rings (SSSR count). The van der Waals surface area contributed by atoms with Crippen LogP contribution in [0.25, 0.3) is 0 Å². The minimum Gasteiger partial charge on any atom is -0.308 e. The van der Waals surface area contributed by atoms with Gasteiger partial charge in [0.2, 0.25) is 0 Å². The normalized spacial score (nSPS) is 37.8. The summed E-state index contributed by atoms with van der Waals surface area (Å²) >= 11 is 0. The number of epoxide rings is 2. The van der Waals surface area contributed by atoms with E-state index in [-0.39, 0.29) is 0 Å². The number of halogens is 22. The van der Waals surface area contributed by atoms with Crippen LogP contribution in [0.1, 0.15) is 0 Å². The van der Waals surface area contributed by atoms with Crippen LogP contribution in [0.4, 0.5) is 96.6 Å². The number of fused-ring (bicyclic) bond motifs is 1. The Morgan fingerprint density at radius 3 is 0.861 bits per heavy atom. The van der Waals surface area contributed by atoms with Crippen molar-refractivity contribution in [2.45, 2.75) is 71.3 Å². The molecule has 3 unspecified atom stereocenters. The lowest BCUT2D eigenvalue weighted by Crippen LogP contribution is -2.75. The third-order valence-corrected chi connectivity index (χ3v) is 4.91. The Kier molecular flexibility index (Phi) is 5.68. The molecule has 36 heavy (non-hydrogen) atoms. The van der Waals surface area contributed by atoms with E-state index in [1.165, 1.54) is 0 Å². The van der Waals surface area contributed by atoms with Gasteiger partial charge >= 0.3 is 71.3 Å². The molecule has 3 aliphatic rings. The first kappa shape index (κ1) is 30.6. The summed E-state index contributed by atoms with van der Waals surface area (Å²) in [5.41, 5.74) is -6.22. The SMILES string of the molecule is FC(F)(F)C(F)(F)C1(F)OC1(C(F)(F)F)C(F)(F)F.FC1(F)C(F)(F)C(F)(F)C2(F)OC2(F)C1(F)F. The van der Waals surface area contributed by atoms with E-state index in [9.17, 15) is 96.6 Å². The van der Waals surface area contributed by atoms with Crippen molar-refractivity contribution in [1.82, 2.24) is 0 Å². The largest absolute Gasteiger partial charge is 0.459 e. The van der Waals surface area contributed by atoms with E-state index in [0.717, 1.165) is 0 Å². The van der Waals surface area contributed by atoms with Gasteiger partial charge in [-0.25, -0.2) is 4.39 Å². The summed E-state index contributed by atoms with van der Waals surface area (Å²) < 4.78 is 276. The Morgan fingerprint density at radius 2 is 0.667 bits per heavy atom. The molecule has 2 saturated heterocycles. The standard InChI is InChI=1S/C6F12O.C6F10O/c7-2(8,6(16,17)18)3(9)1(19-3,4(10,11)12)5(13,14)15;7-1(8)2(9,10)4(13,14)6(16)5(15,17-6)3(1,11)12. The van der Waals surface area contributed by atoms with Crippen LogP contribution >= 0.6 is 0 Å². The molecule has 214 valence electrons. The van der Waals surface area contributed by atoms with Gasteiger partial charge in [0.05, 0.1) is 0 Å². The van der Waals surface area contributed by atoms with Crippen molar-refractivity contribution in [2.75, 3.05) is 0 Å². The van der Waals surface area contributed by atoms with E-state index in [4.69, 9.17) is 0 Å². The van der Waals surface area contributed by atoms with Crippen LogP contribution in [0.3, 0.4) is 0 Å². The molecule has 2 nitrogen and oxygen atoms in total. The highest BCUT2D eigenvalue weighted by molar-refractivity contribution is 5.31. The second kappa shape index (κ2) is 6.68. The monoisotopic (exact) mass is 594 g/mol. The van der Waals surface area contributed by atoms with Crippen molar-refractivity contribution < 1.29 is 106 Å². The molecule has 0 amide bonds. The molecule has 3 atom stereocenters. The van der Waals surface area contributed by atoms with Gasteiger partial charge in [0.25, 0.3) is 0 Å². The molecule has 0 aromatic rings. The highest BCUT2D eigenvalue weighted by Crippen LogP contribution is 2.77. The van der Waals surface area contributed by atoms with Crippen LogP contribution in [0.15, 0.2) is 0 Å². The first-order valence-corrected chi connectivity index (χ1v) is 7.72. The van der Waals surface area contributed by atoms with E-state index in [1.807, 2.05) is 0 Å². The van der Waals surface area contributed by atoms with E-state index >= 15 is 0 Å². The lowest BCUT2D eigenvalue weighted by molar-refractivity contribution is -0.421. The van der Waals surface area contributed by atoms with Gasteiger partial charge in [-0.3, -0.25) is 4.74 Å². The topological polar surface area (TPSA) is 25.1 Å². The molecular formula is C12F22O2. The molecule has 24 heteroatoms. The highest BCUT2D eigenvalue weighted by Gasteiger charge is 3.10. The molecule has 3 fully saturated rings. The van der Waals surface area contributed by atoms with Crippen molar-refractivity contribution in [3.05, 3.63) is 0 Å². The lowest BCUT2D eigenvalue weighted by Gasteiger charge is -2.41. The van der Waals surface area contributed by atoms with E-state index in [1.54, 1.807) is 0 Å². The van der Waals surface area contributed by atoms with Gasteiger partial charge in [0.15, 0.2) is 0 Å². The summed E-state index contributed by atoms with van der Waals surface area (Å²) in [6.45, 7) is 0. The Bertz CT molecular complexity index is 861. The number of ether oxygens (including phenoxy) is 2. The zero-order chi connectivity index (χ0) is 29.4. The minimum absolute atomic E-state index is 2.23. The van der Waals surface area contributed by atoms with Gasteiger partial charge in [-0.05, 0) is 0 Å². The fourth-order valence-corrected chi connectivity index (χ4v) is 2.79. The fourth-order valence-electron chi connectivity index (χ4n) is 2.79. The van der Waals surface area contributed by atoms with E-state index in [0.29, 0.717) is 0 Å². The average Bonchev–Trinajstić information content (AvgIpc) is 3.45. The minimum atomic E-state index is -7.00. The predicted molar refractivity (Wildman–Crippen MR) is 59.3 cm³/mol. The Labute approximate surface area is 179 Å². The van der Waals surface area contributed by atoms with Crippen LogP contribution < -0.4 is 0 Å².